The molecule has 5 heteroatoms. The molecule has 3 aromatic carbocycles. The van der Waals surface area contributed by atoms with Crippen molar-refractivity contribution in [1.29, 1.82) is 5.26 Å². The fourth-order valence-electron chi connectivity index (χ4n) is 3.61. The maximum atomic E-state index is 11.4. The molecule has 4 rings (SSSR count). The second-order valence-corrected chi connectivity index (χ2v) is 7.04. The molecule has 5 nitrogen and oxygen atoms in total. The smallest absolute Gasteiger partial charge is 0.326 e. The van der Waals surface area contributed by atoms with E-state index in [4.69, 9.17) is 0 Å². The van der Waals surface area contributed by atoms with Crippen molar-refractivity contribution in [3.8, 4) is 17.2 Å². The van der Waals surface area contributed by atoms with Crippen LogP contribution in [0.1, 0.15) is 12.5 Å². The average Bonchev–Trinajstić information content (AvgIpc) is 2.76. The van der Waals surface area contributed by atoms with Crippen molar-refractivity contribution in [2.45, 2.75) is 13.0 Å². The molecule has 0 fully saturated rings. The molecule has 1 atom stereocenters. The Bertz CT molecular complexity index is 1290. The Morgan fingerprint density at radius 1 is 1.03 bits per heavy atom. The van der Waals surface area contributed by atoms with Crippen LogP contribution in [-0.2, 0) is 4.79 Å². The number of benzene rings is 3. The molecule has 0 amide bonds. The van der Waals surface area contributed by atoms with Crippen LogP contribution in [-0.4, -0.2) is 29.1 Å². The summed E-state index contributed by atoms with van der Waals surface area (Å²) in [4.78, 5) is 17.5. The molecule has 142 valence electrons. The molecule has 0 aliphatic rings. The number of pyridine rings is 1. The van der Waals surface area contributed by atoms with Gasteiger partial charge in [-0.05, 0) is 41.5 Å². The van der Waals surface area contributed by atoms with Gasteiger partial charge in [-0.3, -0.25) is 4.98 Å². The van der Waals surface area contributed by atoms with E-state index in [2.05, 4.69) is 11.1 Å². The van der Waals surface area contributed by atoms with Gasteiger partial charge in [0, 0.05) is 41.5 Å². The lowest BCUT2D eigenvalue weighted by Crippen LogP contribution is -2.35. The lowest BCUT2D eigenvalue weighted by atomic mass is 9.93. The first kappa shape index (κ1) is 18.5. The molecule has 0 spiro atoms. The predicted molar refractivity (Wildman–Crippen MR) is 115 cm³/mol. The number of nitriles is 1. The van der Waals surface area contributed by atoms with E-state index in [9.17, 15) is 15.2 Å². The molecule has 1 unspecified atom stereocenters. The number of carboxylic acids is 1. The number of hydrogen-bond donors (Lipinski definition) is 1. The minimum atomic E-state index is -0.874. The highest BCUT2D eigenvalue weighted by molar-refractivity contribution is 6.07. The SMILES string of the molecule is CC(C(=O)O)N(C)c1ccc2cncc(-c3ccc(C#N)c4ccccc34)c2c1. The highest BCUT2D eigenvalue weighted by Crippen LogP contribution is 2.36. The third kappa shape index (κ3) is 3.15. The lowest BCUT2D eigenvalue weighted by molar-refractivity contribution is -0.138. The summed E-state index contributed by atoms with van der Waals surface area (Å²) in [6.07, 6.45) is 3.62. The molecule has 1 aromatic heterocycles. The van der Waals surface area contributed by atoms with Gasteiger partial charge in [0.25, 0.3) is 0 Å². The van der Waals surface area contributed by atoms with Crippen LogP contribution in [0.4, 0.5) is 5.69 Å². The molecular formula is C24H19N3O2. The molecule has 0 radical (unpaired) electrons. The van der Waals surface area contributed by atoms with Gasteiger partial charge in [0.15, 0.2) is 0 Å². The number of anilines is 1. The number of likely N-dealkylation sites (N-methyl/N-ethyl adjacent to an activating group) is 1. The number of carboxylic acid groups (broad SMARTS) is 1. The summed E-state index contributed by atoms with van der Waals surface area (Å²) in [5.74, 6) is -0.874. The van der Waals surface area contributed by atoms with Crippen LogP contribution in [0.15, 0.2) is 67.0 Å². The number of rotatable bonds is 4. The van der Waals surface area contributed by atoms with Crippen molar-refractivity contribution in [3.63, 3.8) is 0 Å². The zero-order chi connectivity index (χ0) is 20.5. The largest absolute Gasteiger partial charge is 0.480 e. The Labute approximate surface area is 168 Å². The molecule has 1 heterocycles. The highest BCUT2D eigenvalue weighted by Gasteiger charge is 2.18. The van der Waals surface area contributed by atoms with Crippen molar-refractivity contribution in [2.75, 3.05) is 11.9 Å². The van der Waals surface area contributed by atoms with E-state index in [0.29, 0.717) is 5.56 Å². The Morgan fingerprint density at radius 3 is 2.52 bits per heavy atom. The molecule has 29 heavy (non-hydrogen) atoms. The molecule has 0 aliphatic heterocycles. The fourth-order valence-corrected chi connectivity index (χ4v) is 3.61. The maximum absolute atomic E-state index is 11.4. The summed E-state index contributed by atoms with van der Waals surface area (Å²) >= 11 is 0. The van der Waals surface area contributed by atoms with E-state index in [1.165, 1.54) is 0 Å². The van der Waals surface area contributed by atoms with E-state index < -0.39 is 12.0 Å². The zero-order valence-electron chi connectivity index (χ0n) is 16.1. The van der Waals surface area contributed by atoms with Crippen molar-refractivity contribution in [2.24, 2.45) is 0 Å². The first-order valence-corrected chi connectivity index (χ1v) is 9.27. The second-order valence-electron chi connectivity index (χ2n) is 7.04. The predicted octanol–water partition coefficient (Wildman–Crippen LogP) is 4.84. The number of nitrogens with zero attached hydrogens (tertiary/aromatic N) is 3. The first-order chi connectivity index (χ1) is 14.0. The third-order valence-electron chi connectivity index (χ3n) is 5.42. The van der Waals surface area contributed by atoms with Crippen molar-refractivity contribution >= 4 is 33.2 Å². The van der Waals surface area contributed by atoms with Gasteiger partial charge < -0.3 is 10.0 Å². The topological polar surface area (TPSA) is 77.2 Å². The Hall–Kier alpha value is -3.91. The summed E-state index contributed by atoms with van der Waals surface area (Å²) < 4.78 is 0. The van der Waals surface area contributed by atoms with Crippen LogP contribution < -0.4 is 4.90 Å². The average molecular weight is 381 g/mol. The van der Waals surface area contributed by atoms with Crippen molar-refractivity contribution in [3.05, 3.63) is 72.6 Å². The summed E-state index contributed by atoms with van der Waals surface area (Å²) in [5, 5.41) is 22.6. The van der Waals surface area contributed by atoms with E-state index in [0.717, 1.165) is 38.4 Å². The summed E-state index contributed by atoms with van der Waals surface area (Å²) in [5.41, 5.74) is 3.39. The fraction of sp³-hybridized carbons (Fsp3) is 0.125. The number of aromatic nitrogens is 1. The van der Waals surface area contributed by atoms with Gasteiger partial charge in [0.05, 0.1) is 11.6 Å². The van der Waals surface area contributed by atoms with Crippen molar-refractivity contribution < 1.29 is 9.90 Å². The highest BCUT2D eigenvalue weighted by atomic mass is 16.4. The summed E-state index contributed by atoms with van der Waals surface area (Å²) in [6.45, 7) is 1.66. The maximum Gasteiger partial charge on any atom is 0.326 e. The number of carbonyl (C=O) groups is 1. The minimum Gasteiger partial charge on any atom is -0.480 e. The van der Waals surface area contributed by atoms with Crippen LogP contribution in [0.25, 0.3) is 32.7 Å². The first-order valence-electron chi connectivity index (χ1n) is 9.27. The Balaban J connectivity index is 1.96. The van der Waals surface area contributed by atoms with Gasteiger partial charge in [-0.1, -0.05) is 36.4 Å². The zero-order valence-corrected chi connectivity index (χ0v) is 16.1. The van der Waals surface area contributed by atoms with Crippen LogP contribution in [0.2, 0.25) is 0 Å². The van der Waals surface area contributed by atoms with Crippen molar-refractivity contribution in [1.82, 2.24) is 4.98 Å². The van der Waals surface area contributed by atoms with Gasteiger partial charge in [0.1, 0.15) is 6.04 Å². The Kier molecular flexibility index (Phi) is 4.61. The molecule has 1 N–H and O–H groups in total. The normalized spacial score (nSPS) is 11.9. The summed E-state index contributed by atoms with van der Waals surface area (Å²) in [7, 11) is 1.78. The standard InChI is InChI=1S/C24H19N3O2/c1-15(24(28)29)27(2)18-9-7-17-13-26-14-23(22(17)11-18)21-10-8-16(12-25)19-5-3-4-6-20(19)21/h3-11,13-15H,1-2H3,(H,28,29). The quantitative estimate of drug-likeness (QED) is 0.547. The molecular weight excluding hydrogens is 362 g/mol. The van der Waals surface area contributed by atoms with Gasteiger partial charge in [-0.15, -0.1) is 0 Å². The van der Waals surface area contributed by atoms with E-state index in [-0.39, 0.29) is 0 Å². The second kappa shape index (κ2) is 7.25. The van der Waals surface area contributed by atoms with Crippen LogP contribution in [0.3, 0.4) is 0 Å². The lowest BCUT2D eigenvalue weighted by Gasteiger charge is -2.24. The molecule has 0 bridgehead atoms. The van der Waals surface area contributed by atoms with Crippen LogP contribution >= 0.6 is 0 Å². The molecule has 4 aromatic rings. The minimum absolute atomic E-state index is 0.633. The third-order valence-corrected chi connectivity index (χ3v) is 5.42. The Morgan fingerprint density at radius 2 is 1.79 bits per heavy atom. The summed E-state index contributed by atoms with van der Waals surface area (Å²) in [6, 6.07) is 19.1. The molecule has 0 aliphatic carbocycles. The van der Waals surface area contributed by atoms with Crippen LogP contribution in [0.5, 0.6) is 0 Å². The van der Waals surface area contributed by atoms with Gasteiger partial charge in [0.2, 0.25) is 0 Å². The van der Waals surface area contributed by atoms with Crippen LogP contribution in [0, 0.1) is 11.3 Å². The number of fused-ring (bicyclic) bond motifs is 2. The monoisotopic (exact) mass is 381 g/mol. The van der Waals surface area contributed by atoms with Gasteiger partial charge in [-0.2, -0.15) is 5.26 Å². The number of aliphatic carboxylic acids is 1. The van der Waals surface area contributed by atoms with Gasteiger partial charge >= 0.3 is 5.97 Å². The molecule has 0 saturated heterocycles. The van der Waals surface area contributed by atoms with E-state index >= 15 is 0 Å². The van der Waals surface area contributed by atoms with E-state index in [1.54, 1.807) is 25.1 Å². The van der Waals surface area contributed by atoms with E-state index in [1.807, 2.05) is 60.8 Å². The number of hydrogen-bond acceptors (Lipinski definition) is 4. The molecule has 0 saturated carbocycles. The van der Waals surface area contributed by atoms with Gasteiger partial charge in [-0.25, -0.2) is 4.79 Å².